The Balaban J connectivity index is 1.58. The first-order valence-electron chi connectivity index (χ1n) is 7.36. The number of benzene rings is 1. The molecule has 1 atom stereocenters. The van der Waals surface area contributed by atoms with Gasteiger partial charge in [-0.3, -0.25) is 4.79 Å². The zero-order valence-electron chi connectivity index (χ0n) is 11.9. The first kappa shape index (κ1) is 13.6. The number of hydrogen-bond acceptors (Lipinski definition) is 3. The molecule has 1 saturated carbocycles. The molecule has 1 aromatic rings. The molecule has 0 spiro atoms. The van der Waals surface area contributed by atoms with Crippen molar-refractivity contribution in [2.75, 3.05) is 13.6 Å². The van der Waals surface area contributed by atoms with Gasteiger partial charge in [-0.1, -0.05) is 24.3 Å². The maximum absolute atomic E-state index is 12.5. The minimum atomic E-state index is -0.150. The molecule has 1 aromatic carbocycles. The molecular weight excluding hydrogens is 252 g/mol. The van der Waals surface area contributed by atoms with Gasteiger partial charge in [-0.05, 0) is 36.3 Å². The van der Waals surface area contributed by atoms with Gasteiger partial charge in [0, 0.05) is 20.1 Å². The van der Waals surface area contributed by atoms with Crippen LogP contribution in [-0.2, 0) is 17.8 Å². The maximum Gasteiger partial charge on any atom is 0.239 e. The second-order valence-corrected chi connectivity index (χ2v) is 6.12. The largest absolute Gasteiger partial charge is 0.393 e. The Morgan fingerprint density at radius 1 is 1.35 bits per heavy atom. The smallest absolute Gasteiger partial charge is 0.239 e. The number of carbonyl (C=O) groups excluding carboxylic acids is 1. The van der Waals surface area contributed by atoms with E-state index in [4.69, 9.17) is 0 Å². The van der Waals surface area contributed by atoms with Gasteiger partial charge >= 0.3 is 0 Å². The number of rotatable bonds is 3. The zero-order valence-corrected chi connectivity index (χ0v) is 11.9. The third kappa shape index (κ3) is 2.72. The number of hydrogen-bond donors (Lipinski definition) is 2. The summed E-state index contributed by atoms with van der Waals surface area (Å²) < 4.78 is 0. The van der Waals surface area contributed by atoms with E-state index in [0.29, 0.717) is 5.92 Å². The van der Waals surface area contributed by atoms with E-state index in [1.807, 2.05) is 24.1 Å². The number of fused-ring (bicyclic) bond motifs is 1. The Bertz CT molecular complexity index is 497. The van der Waals surface area contributed by atoms with Gasteiger partial charge < -0.3 is 15.3 Å². The van der Waals surface area contributed by atoms with Crippen molar-refractivity contribution in [1.29, 1.82) is 0 Å². The van der Waals surface area contributed by atoms with Crippen LogP contribution in [0.4, 0.5) is 0 Å². The molecule has 20 heavy (non-hydrogen) atoms. The highest BCUT2D eigenvalue weighted by atomic mass is 16.3. The zero-order chi connectivity index (χ0) is 14.1. The third-order valence-electron chi connectivity index (χ3n) is 4.50. The topological polar surface area (TPSA) is 52.6 Å². The molecule has 1 heterocycles. The van der Waals surface area contributed by atoms with E-state index in [1.165, 1.54) is 11.1 Å². The predicted octanol–water partition coefficient (Wildman–Crippen LogP) is 0.930. The number of aliphatic hydroxyl groups excluding tert-OH is 1. The van der Waals surface area contributed by atoms with Crippen molar-refractivity contribution in [1.82, 2.24) is 10.2 Å². The number of aliphatic hydroxyl groups is 1. The van der Waals surface area contributed by atoms with Gasteiger partial charge in [0.2, 0.25) is 5.91 Å². The summed E-state index contributed by atoms with van der Waals surface area (Å²) in [4.78, 5) is 14.3. The number of nitrogens with zero attached hydrogens (tertiary/aromatic N) is 1. The van der Waals surface area contributed by atoms with Gasteiger partial charge in [-0.2, -0.15) is 0 Å². The summed E-state index contributed by atoms with van der Waals surface area (Å²) in [6.07, 6.45) is 2.28. The van der Waals surface area contributed by atoms with Crippen LogP contribution in [0.2, 0.25) is 0 Å². The van der Waals surface area contributed by atoms with E-state index in [9.17, 15) is 9.90 Å². The van der Waals surface area contributed by atoms with E-state index in [-0.39, 0.29) is 18.1 Å². The SMILES string of the molecule is CN(CC1CC(O)C1)C(=O)C1Cc2ccccc2CN1. The molecule has 1 aliphatic heterocycles. The van der Waals surface area contributed by atoms with Crippen LogP contribution in [0.5, 0.6) is 0 Å². The van der Waals surface area contributed by atoms with E-state index >= 15 is 0 Å². The lowest BCUT2D eigenvalue weighted by atomic mass is 9.82. The van der Waals surface area contributed by atoms with Crippen LogP contribution >= 0.6 is 0 Å². The summed E-state index contributed by atoms with van der Waals surface area (Å²) in [6.45, 7) is 1.53. The van der Waals surface area contributed by atoms with E-state index < -0.39 is 0 Å². The van der Waals surface area contributed by atoms with Crippen molar-refractivity contribution in [3.8, 4) is 0 Å². The van der Waals surface area contributed by atoms with Crippen molar-refractivity contribution in [2.45, 2.75) is 38.0 Å². The van der Waals surface area contributed by atoms with Crippen LogP contribution in [0.1, 0.15) is 24.0 Å². The summed E-state index contributed by atoms with van der Waals surface area (Å²) in [6, 6.07) is 8.18. The van der Waals surface area contributed by atoms with Gasteiger partial charge in [0.25, 0.3) is 0 Å². The lowest BCUT2D eigenvalue weighted by Crippen LogP contribution is -2.50. The summed E-state index contributed by atoms with van der Waals surface area (Å²) in [5.74, 6) is 0.635. The predicted molar refractivity (Wildman–Crippen MR) is 77.1 cm³/mol. The van der Waals surface area contributed by atoms with Gasteiger partial charge in [0.1, 0.15) is 0 Å². The molecule has 2 aliphatic rings. The van der Waals surface area contributed by atoms with E-state index in [2.05, 4.69) is 17.4 Å². The van der Waals surface area contributed by atoms with Crippen molar-refractivity contribution in [3.05, 3.63) is 35.4 Å². The van der Waals surface area contributed by atoms with Gasteiger partial charge in [-0.15, -0.1) is 0 Å². The molecule has 4 heteroatoms. The Labute approximate surface area is 119 Å². The van der Waals surface area contributed by atoms with Gasteiger partial charge in [-0.25, -0.2) is 0 Å². The maximum atomic E-state index is 12.5. The Morgan fingerprint density at radius 2 is 2.05 bits per heavy atom. The third-order valence-corrected chi connectivity index (χ3v) is 4.50. The van der Waals surface area contributed by atoms with Crippen LogP contribution < -0.4 is 5.32 Å². The quantitative estimate of drug-likeness (QED) is 0.862. The van der Waals surface area contributed by atoms with Crippen LogP contribution in [0, 0.1) is 5.92 Å². The molecule has 0 aromatic heterocycles. The number of nitrogens with one attached hydrogen (secondary N) is 1. The van der Waals surface area contributed by atoms with Crippen molar-refractivity contribution < 1.29 is 9.90 Å². The minimum Gasteiger partial charge on any atom is -0.393 e. The number of carbonyl (C=O) groups is 1. The molecule has 1 aliphatic carbocycles. The Kier molecular flexibility index (Phi) is 3.76. The summed E-state index contributed by atoms with van der Waals surface area (Å²) in [5.41, 5.74) is 2.57. The Hall–Kier alpha value is -1.39. The van der Waals surface area contributed by atoms with Crippen LogP contribution in [0.3, 0.4) is 0 Å². The van der Waals surface area contributed by atoms with Crippen molar-refractivity contribution in [3.63, 3.8) is 0 Å². The normalized spacial score (nSPS) is 28.4. The summed E-state index contributed by atoms with van der Waals surface area (Å²) in [7, 11) is 1.87. The highest BCUT2D eigenvalue weighted by Crippen LogP contribution is 2.28. The van der Waals surface area contributed by atoms with Gasteiger partial charge in [0.05, 0.1) is 12.1 Å². The monoisotopic (exact) mass is 274 g/mol. The average Bonchev–Trinajstić information content (AvgIpc) is 2.44. The molecule has 0 saturated heterocycles. The summed E-state index contributed by atoms with van der Waals surface area (Å²) >= 11 is 0. The van der Waals surface area contributed by atoms with Crippen molar-refractivity contribution in [2.24, 2.45) is 5.92 Å². The second kappa shape index (κ2) is 5.54. The number of amides is 1. The lowest BCUT2D eigenvalue weighted by molar-refractivity contribution is -0.134. The van der Waals surface area contributed by atoms with Crippen LogP contribution in [0.15, 0.2) is 24.3 Å². The molecule has 4 nitrogen and oxygen atoms in total. The Morgan fingerprint density at radius 3 is 2.75 bits per heavy atom. The van der Waals surface area contributed by atoms with E-state index in [0.717, 1.165) is 32.4 Å². The molecule has 0 bridgehead atoms. The molecule has 1 amide bonds. The van der Waals surface area contributed by atoms with Crippen molar-refractivity contribution >= 4 is 5.91 Å². The molecule has 3 rings (SSSR count). The first-order chi connectivity index (χ1) is 9.63. The second-order valence-electron chi connectivity index (χ2n) is 6.12. The fraction of sp³-hybridized carbons (Fsp3) is 0.562. The molecule has 108 valence electrons. The standard InChI is InChI=1S/C16H22N2O2/c1-18(10-11-6-14(19)7-11)16(20)15-8-12-4-2-3-5-13(12)9-17-15/h2-5,11,14-15,17,19H,6-10H2,1H3. The lowest BCUT2D eigenvalue weighted by Gasteiger charge is -2.36. The fourth-order valence-corrected chi connectivity index (χ4v) is 3.22. The fourth-order valence-electron chi connectivity index (χ4n) is 3.22. The molecule has 1 fully saturated rings. The minimum absolute atomic E-state index is 0.111. The van der Waals surface area contributed by atoms with Crippen LogP contribution in [0.25, 0.3) is 0 Å². The van der Waals surface area contributed by atoms with Gasteiger partial charge in [0.15, 0.2) is 0 Å². The molecule has 1 unspecified atom stereocenters. The molecular formula is C16H22N2O2. The number of likely N-dealkylation sites (N-methyl/N-ethyl adjacent to an activating group) is 1. The average molecular weight is 274 g/mol. The highest BCUT2D eigenvalue weighted by molar-refractivity contribution is 5.82. The highest BCUT2D eigenvalue weighted by Gasteiger charge is 2.31. The molecule has 2 N–H and O–H groups in total. The first-order valence-corrected chi connectivity index (χ1v) is 7.36. The molecule has 0 radical (unpaired) electrons. The van der Waals surface area contributed by atoms with Crippen LogP contribution in [-0.4, -0.2) is 41.7 Å². The summed E-state index contributed by atoms with van der Waals surface area (Å²) in [5, 5.41) is 12.6. The van der Waals surface area contributed by atoms with E-state index in [1.54, 1.807) is 0 Å².